The highest BCUT2D eigenvalue weighted by Gasteiger charge is 2.15. The first-order valence-corrected chi connectivity index (χ1v) is 10.2. The molecule has 29 heavy (non-hydrogen) atoms. The molecule has 2 heterocycles. The molecule has 0 aliphatic heterocycles. The lowest BCUT2D eigenvalue weighted by Gasteiger charge is -2.19. The van der Waals surface area contributed by atoms with Gasteiger partial charge in [0.25, 0.3) is 5.56 Å². The molecule has 2 aromatic carbocycles. The number of rotatable bonds is 5. The summed E-state index contributed by atoms with van der Waals surface area (Å²) in [4.78, 5) is 33.3. The van der Waals surface area contributed by atoms with Crippen molar-refractivity contribution in [1.29, 1.82) is 0 Å². The fraction of sp³-hybridized carbons (Fsp3) is 0.174. The zero-order valence-electron chi connectivity index (χ0n) is 16.3. The van der Waals surface area contributed by atoms with Crippen molar-refractivity contribution in [3.8, 4) is 10.4 Å². The summed E-state index contributed by atoms with van der Waals surface area (Å²) in [5.41, 5.74) is 3.09. The molecule has 146 valence electrons. The van der Waals surface area contributed by atoms with Crippen LogP contribution in [0.25, 0.3) is 20.7 Å². The maximum absolute atomic E-state index is 12.9. The predicted octanol–water partition coefficient (Wildman–Crippen LogP) is 4.09. The highest BCUT2D eigenvalue weighted by molar-refractivity contribution is 7.21. The van der Waals surface area contributed by atoms with Gasteiger partial charge in [-0.05, 0) is 29.7 Å². The molecular weight excluding hydrogens is 382 g/mol. The van der Waals surface area contributed by atoms with Crippen LogP contribution in [0.5, 0.6) is 0 Å². The fourth-order valence-electron chi connectivity index (χ4n) is 3.21. The Labute approximate surface area is 172 Å². The fourth-order valence-corrected chi connectivity index (χ4v) is 4.21. The number of carbonyl (C=O) groups excluding carboxylic acids is 1. The number of aromatic nitrogens is 2. The van der Waals surface area contributed by atoms with Crippen LogP contribution < -0.4 is 5.56 Å². The summed E-state index contributed by atoms with van der Waals surface area (Å²) < 4.78 is 1.39. The molecule has 0 saturated heterocycles. The van der Waals surface area contributed by atoms with Crippen molar-refractivity contribution < 1.29 is 4.79 Å². The van der Waals surface area contributed by atoms with Gasteiger partial charge in [0.1, 0.15) is 11.4 Å². The van der Waals surface area contributed by atoms with Gasteiger partial charge >= 0.3 is 0 Å². The molecule has 0 radical (unpaired) electrons. The normalized spacial score (nSPS) is 11.0. The number of hydrogen-bond acceptors (Lipinski definition) is 4. The van der Waals surface area contributed by atoms with Crippen molar-refractivity contribution >= 4 is 27.5 Å². The van der Waals surface area contributed by atoms with E-state index in [-0.39, 0.29) is 18.0 Å². The van der Waals surface area contributed by atoms with Gasteiger partial charge in [0, 0.05) is 18.5 Å². The van der Waals surface area contributed by atoms with Gasteiger partial charge in [0.2, 0.25) is 5.91 Å². The summed E-state index contributed by atoms with van der Waals surface area (Å²) in [7, 11) is 1.75. The summed E-state index contributed by atoms with van der Waals surface area (Å²) in [5, 5.41) is 0.547. The van der Waals surface area contributed by atoms with Crippen molar-refractivity contribution in [2.24, 2.45) is 0 Å². The van der Waals surface area contributed by atoms with E-state index in [2.05, 4.69) is 4.98 Å². The van der Waals surface area contributed by atoms with Crippen molar-refractivity contribution in [3.63, 3.8) is 0 Å². The molecule has 4 rings (SSSR count). The van der Waals surface area contributed by atoms with Crippen LogP contribution in [0, 0.1) is 6.92 Å². The molecule has 0 saturated carbocycles. The number of nitrogens with zero attached hydrogens (tertiary/aromatic N) is 3. The number of aryl methyl sites for hydroxylation is 1. The van der Waals surface area contributed by atoms with Gasteiger partial charge in [-0.15, -0.1) is 11.3 Å². The second kappa shape index (κ2) is 8.01. The number of thiophene rings is 1. The molecule has 0 bridgehead atoms. The Kier molecular flexibility index (Phi) is 5.27. The topological polar surface area (TPSA) is 55.2 Å². The zero-order chi connectivity index (χ0) is 20.4. The third kappa shape index (κ3) is 3.98. The van der Waals surface area contributed by atoms with E-state index < -0.39 is 0 Å². The molecular formula is C23H21N3O2S. The average molecular weight is 404 g/mol. The highest BCUT2D eigenvalue weighted by Crippen LogP contribution is 2.30. The van der Waals surface area contributed by atoms with E-state index >= 15 is 0 Å². The minimum absolute atomic E-state index is 0.0271. The first kappa shape index (κ1) is 19.1. The lowest BCUT2D eigenvalue weighted by molar-refractivity contribution is -0.131. The molecule has 1 amide bonds. The van der Waals surface area contributed by atoms with Crippen LogP contribution in [0.15, 0.2) is 71.8 Å². The number of benzene rings is 2. The molecule has 4 aromatic rings. The Morgan fingerprint density at radius 3 is 2.59 bits per heavy atom. The second-order valence-electron chi connectivity index (χ2n) is 7.05. The van der Waals surface area contributed by atoms with E-state index in [9.17, 15) is 9.59 Å². The van der Waals surface area contributed by atoms with Gasteiger partial charge in [-0.3, -0.25) is 14.2 Å². The molecule has 2 aromatic heterocycles. The number of amides is 1. The largest absolute Gasteiger partial charge is 0.340 e. The molecule has 0 aliphatic carbocycles. The number of carbonyl (C=O) groups is 1. The molecule has 0 fully saturated rings. The van der Waals surface area contributed by atoms with Gasteiger partial charge in [0.05, 0.1) is 11.7 Å². The average Bonchev–Trinajstić information content (AvgIpc) is 3.17. The highest BCUT2D eigenvalue weighted by atomic mass is 32.1. The van der Waals surface area contributed by atoms with Gasteiger partial charge < -0.3 is 4.90 Å². The van der Waals surface area contributed by atoms with Gasteiger partial charge in [-0.2, -0.15) is 0 Å². The summed E-state index contributed by atoms with van der Waals surface area (Å²) in [6, 6.07) is 19.7. The lowest BCUT2D eigenvalue weighted by Crippen LogP contribution is -2.33. The van der Waals surface area contributed by atoms with Crippen LogP contribution in [0.1, 0.15) is 11.1 Å². The molecule has 0 aliphatic rings. The van der Waals surface area contributed by atoms with Gasteiger partial charge in [-0.25, -0.2) is 4.98 Å². The van der Waals surface area contributed by atoms with Crippen LogP contribution in [-0.4, -0.2) is 27.4 Å². The van der Waals surface area contributed by atoms with Gasteiger partial charge in [0.15, 0.2) is 0 Å². The van der Waals surface area contributed by atoms with E-state index in [0.29, 0.717) is 16.8 Å². The van der Waals surface area contributed by atoms with E-state index in [1.807, 2.05) is 67.6 Å². The summed E-state index contributed by atoms with van der Waals surface area (Å²) in [6.45, 7) is 2.50. The molecule has 5 nitrogen and oxygen atoms in total. The van der Waals surface area contributed by atoms with Crippen molar-refractivity contribution in [2.75, 3.05) is 7.05 Å². The van der Waals surface area contributed by atoms with Crippen LogP contribution in [0.4, 0.5) is 0 Å². The number of hydrogen-bond donors (Lipinski definition) is 0. The standard InChI is InChI=1S/C23H21N3O2S/c1-16-8-6-7-11-18(16)13-25(2)21(27)14-26-15-24-22-19(23(26)28)12-20(29-22)17-9-4-3-5-10-17/h3-12,15H,13-14H2,1-2H3. The molecule has 0 atom stereocenters. The molecule has 0 spiro atoms. The smallest absolute Gasteiger partial charge is 0.262 e. The number of likely N-dealkylation sites (N-methyl/N-ethyl adjacent to an activating group) is 1. The Morgan fingerprint density at radius 2 is 1.83 bits per heavy atom. The van der Waals surface area contributed by atoms with Crippen molar-refractivity contribution in [1.82, 2.24) is 14.5 Å². The second-order valence-corrected chi connectivity index (χ2v) is 8.08. The van der Waals surface area contributed by atoms with E-state index in [0.717, 1.165) is 21.6 Å². The zero-order valence-corrected chi connectivity index (χ0v) is 17.1. The van der Waals surface area contributed by atoms with Crippen molar-refractivity contribution in [2.45, 2.75) is 20.0 Å². The third-order valence-corrected chi connectivity index (χ3v) is 6.07. The maximum Gasteiger partial charge on any atom is 0.262 e. The minimum Gasteiger partial charge on any atom is -0.340 e. The lowest BCUT2D eigenvalue weighted by atomic mass is 10.1. The Balaban J connectivity index is 1.56. The summed E-state index contributed by atoms with van der Waals surface area (Å²) >= 11 is 1.48. The van der Waals surface area contributed by atoms with Gasteiger partial charge in [-0.1, -0.05) is 54.6 Å². The summed E-state index contributed by atoms with van der Waals surface area (Å²) in [6.07, 6.45) is 1.47. The Hall–Kier alpha value is -3.25. The number of fused-ring (bicyclic) bond motifs is 1. The van der Waals surface area contributed by atoms with E-state index in [1.54, 1.807) is 11.9 Å². The maximum atomic E-state index is 12.9. The minimum atomic E-state index is -0.189. The van der Waals surface area contributed by atoms with Crippen LogP contribution in [-0.2, 0) is 17.9 Å². The Bertz CT molecular complexity index is 1230. The molecule has 0 unspecified atom stereocenters. The summed E-state index contributed by atoms with van der Waals surface area (Å²) in [5.74, 6) is -0.130. The van der Waals surface area contributed by atoms with E-state index in [1.165, 1.54) is 22.2 Å². The van der Waals surface area contributed by atoms with Crippen LogP contribution in [0.3, 0.4) is 0 Å². The first-order chi connectivity index (χ1) is 14.0. The predicted molar refractivity (Wildman–Crippen MR) is 117 cm³/mol. The molecule has 0 N–H and O–H groups in total. The van der Waals surface area contributed by atoms with E-state index in [4.69, 9.17) is 0 Å². The Morgan fingerprint density at radius 1 is 1.10 bits per heavy atom. The molecule has 6 heteroatoms. The third-order valence-electron chi connectivity index (χ3n) is 4.98. The first-order valence-electron chi connectivity index (χ1n) is 9.36. The van der Waals surface area contributed by atoms with Crippen LogP contribution >= 0.6 is 11.3 Å². The SMILES string of the molecule is Cc1ccccc1CN(C)C(=O)Cn1cnc2sc(-c3ccccc3)cc2c1=O. The monoisotopic (exact) mass is 403 g/mol. The van der Waals surface area contributed by atoms with Crippen LogP contribution in [0.2, 0.25) is 0 Å². The quantitative estimate of drug-likeness (QED) is 0.504. The van der Waals surface area contributed by atoms with Crippen molar-refractivity contribution in [3.05, 3.63) is 88.5 Å².